The Morgan fingerprint density at radius 2 is 1.92 bits per heavy atom. The number of hydrogen-bond acceptors (Lipinski definition) is 3. The number of benzene rings is 1. The van der Waals surface area contributed by atoms with E-state index in [9.17, 15) is 9.90 Å². The summed E-state index contributed by atoms with van der Waals surface area (Å²) in [5.74, 6) is 0.330. The second-order valence-electron chi connectivity index (χ2n) is 7.36. The number of hydrogen-bond donors (Lipinski definition) is 2. The molecule has 1 heterocycles. The molecule has 2 aliphatic rings. The van der Waals surface area contributed by atoms with Gasteiger partial charge in [0.25, 0.3) is 5.91 Å². The van der Waals surface area contributed by atoms with E-state index >= 15 is 0 Å². The van der Waals surface area contributed by atoms with Crippen molar-refractivity contribution >= 4 is 5.91 Å². The lowest BCUT2D eigenvalue weighted by molar-refractivity contribution is 0.0239. The lowest BCUT2D eigenvalue weighted by atomic mass is 9.75. The minimum absolute atomic E-state index is 0.00449. The summed E-state index contributed by atoms with van der Waals surface area (Å²) in [6, 6.07) is 10.1. The zero-order valence-corrected chi connectivity index (χ0v) is 14.3. The standard InChI is InChI=1S/C21H24N2O2/c24-19-12-18(13-19)20(10-14-6-8-22-9-7-14)23-21(25)17-5-4-15-2-1-3-16(15)11-17/h4-9,11,18-20,24H,1-3,10,12-13H2,(H,23,25)/t18?,19?,20-/m0/s1. The van der Waals surface area contributed by atoms with Crippen LogP contribution in [0.4, 0.5) is 0 Å². The van der Waals surface area contributed by atoms with Crippen molar-refractivity contribution in [2.45, 2.75) is 50.7 Å². The average Bonchev–Trinajstić information content (AvgIpc) is 3.07. The Balaban J connectivity index is 1.48. The first kappa shape index (κ1) is 16.3. The Kier molecular flexibility index (Phi) is 4.53. The largest absolute Gasteiger partial charge is 0.393 e. The smallest absolute Gasteiger partial charge is 0.251 e. The molecule has 1 atom stereocenters. The monoisotopic (exact) mass is 336 g/mol. The maximum absolute atomic E-state index is 12.8. The van der Waals surface area contributed by atoms with Crippen molar-refractivity contribution in [2.24, 2.45) is 5.92 Å². The molecule has 25 heavy (non-hydrogen) atoms. The van der Waals surface area contributed by atoms with Gasteiger partial charge in [0.2, 0.25) is 0 Å². The van der Waals surface area contributed by atoms with Gasteiger partial charge in [0.05, 0.1) is 6.10 Å². The van der Waals surface area contributed by atoms with Crippen LogP contribution in [0.2, 0.25) is 0 Å². The number of carbonyl (C=O) groups is 1. The Hall–Kier alpha value is -2.20. The van der Waals surface area contributed by atoms with Gasteiger partial charge in [0, 0.05) is 24.0 Å². The Morgan fingerprint density at radius 1 is 1.16 bits per heavy atom. The number of aliphatic hydroxyl groups is 1. The molecule has 0 saturated heterocycles. The van der Waals surface area contributed by atoms with Crippen LogP contribution in [0.1, 0.15) is 46.3 Å². The van der Waals surface area contributed by atoms with Crippen LogP contribution >= 0.6 is 0 Å². The third kappa shape index (κ3) is 3.59. The zero-order chi connectivity index (χ0) is 17.2. The zero-order valence-electron chi connectivity index (χ0n) is 14.3. The molecule has 4 rings (SSSR count). The predicted molar refractivity (Wildman–Crippen MR) is 96.4 cm³/mol. The van der Waals surface area contributed by atoms with Gasteiger partial charge in [-0.15, -0.1) is 0 Å². The lowest BCUT2D eigenvalue weighted by Gasteiger charge is -2.38. The number of aromatic nitrogens is 1. The number of amides is 1. The van der Waals surface area contributed by atoms with Crippen LogP contribution in [0.25, 0.3) is 0 Å². The van der Waals surface area contributed by atoms with Gasteiger partial charge in [-0.2, -0.15) is 0 Å². The van der Waals surface area contributed by atoms with E-state index in [4.69, 9.17) is 0 Å². The number of nitrogens with zero attached hydrogens (tertiary/aromatic N) is 1. The molecule has 2 N–H and O–H groups in total. The molecule has 1 aromatic carbocycles. The number of rotatable bonds is 5. The Labute approximate surface area is 148 Å². The topological polar surface area (TPSA) is 62.2 Å². The van der Waals surface area contributed by atoms with E-state index in [2.05, 4.69) is 22.4 Å². The van der Waals surface area contributed by atoms with Crippen molar-refractivity contribution < 1.29 is 9.90 Å². The molecule has 1 aromatic heterocycles. The predicted octanol–water partition coefficient (Wildman–Crippen LogP) is 2.68. The number of carbonyl (C=O) groups excluding carboxylic acids is 1. The van der Waals surface area contributed by atoms with E-state index in [1.807, 2.05) is 18.2 Å². The highest BCUT2D eigenvalue weighted by Gasteiger charge is 2.35. The van der Waals surface area contributed by atoms with E-state index in [-0.39, 0.29) is 18.1 Å². The van der Waals surface area contributed by atoms with Crippen molar-refractivity contribution in [2.75, 3.05) is 0 Å². The van der Waals surface area contributed by atoms with Crippen LogP contribution < -0.4 is 5.32 Å². The van der Waals surface area contributed by atoms with Crippen molar-refractivity contribution in [3.63, 3.8) is 0 Å². The Bertz CT molecular complexity index is 754. The molecule has 2 aliphatic carbocycles. The maximum Gasteiger partial charge on any atom is 0.251 e. The minimum Gasteiger partial charge on any atom is -0.393 e. The van der Waals surface area contributed by atoms with Crippen LogP contribution in [0.3, 0.4) is 0 Å². The normalized spacial score (nSPS) is 22.8. The third-order valence-electron chi connectivity index (χ3n) is 5.60. The number of pyridine rings is 1. The number of aliphatic hydroxyl groups excluding tert-OH is 1. The van der Waals surface area contributed by atoms with Crippen LogP contribution in [0, 0.1) is 5.92 Å². The summed E-state index contributed by atoms with van der Waals surface area (Å²) in [5.41, 5.74) is 4.61. The van der Waals surface area contributed by atoms with Crippen molar-refractivity contribution in [3.05, 3.63) is 65.0 Å². The van der Waals surface area contributed by atoms with Gasteiger partial charge in [0.1, 0.15) is 0 Å². The van der Waals surface area contributed by atoms with E-state index < -0.39 is 0 Å². The van der Waals surface area contributed by atoms with Gasteiger partial charge in [0.15, 0.2) is 0 Å². The molecule has 1 amide bonds. The number of aryl methyl sites for hydroxylation is 2. The van der Waals surface area contributed by atoms with Crippen molar-refractivity contribution in [1.29, 1.82) is 0 Å². The van der Waals surface area contributed by atoms with Crippen molar-refractivity contribution in [1.82, 2.24) is 10.3 Å². The molecular formula is C21H24N2O2. The van der Waals surface area contributed by atoms with Gasteiger partial charge >= 0.3 is 0 Å². The summed E-state index contributed by atoms with van der Waals surface area (Å²) < 4.78 is 0. The first-order valence-electron chi connectivity index (χ1n) is 9.18. The maximum atomic E-state index is 12.8. The van der Waals surface area contributed by atoms with Crippen LogP contribution in [0.5, 0.6) is 0 Å². The molecule has 130 valence electrons. The van der Waals surface area contributed by atoms with Gasteiger partial charge in [-0.1, -0.05) is 6.07 Å². The fraction of sp³-hybridized carbons (Fsp3) is 0.429. The quantitative estimate of drug-likeness (QED) is 0.882. The van der Waals surface area contributed by atoms with Gasteiger partial charge in [-0.3, -0.25) is 9.78 Å². The number of nitrogens with one attached hydrogen (secondary N) is 1. The molecule has 0 unspecified atom stereocenters. The molecule has 1 fully saturated rings. The molecular weight excluding hydrogens is 312 g/mol. The third-order valence-corrected chi connectivity index (χ3v) is 5.60. The van der Waals surface area contributed by atoms with Crippen LogP contribution in [-0.4, -0.2) is 28.1 Å². The van der Waals surface area contributed by atoms with E-state index in [0.717, 1.165) is 43.2 Å². The second-order valence-corrected chi connectivity index (χ2v) is 7.36. The molecule has 0 aliphatic heterocycles. The highest BCUT2D eigenvalue weighted by Crippen LogP contribution is 2.32. The summed E-state index contributed by atoms with van der Waals surface area (Å²) in [4.78, 5) is 16.8. The summed E-state index contributed by atoms with van der Waals surface area (Å²) in [6.45, 7) is 0. The van der Waals surface area contributed by atoms with E-state index in [1.165, 1.54) is 17.5 Å². The van der Waals surface area contributed by atoms with E-state index in [1.54, 1.807) is 12.4 Å². The van der Waals surface area contributed by atoms with Gasteiger partial charge in [-0.05, 0) is 85.4 Å². The molecule has 4 heteroatoms. The van der Waals surface area contributed by atoms with Crippen LogP contribution in [0.15, 0.2) is 42.7 Å². The molecule has 4 nitrogen and oxygen atoms in total. The fourth-order valence-electron chi connectivity index (χ4n) is 4.03. The summed E-state index contributed by atoms with van der Waals surface area (Å²) in [6.07, 6.45) is 9.03. The van der Waals surface area contributed by atoms with Gasteiger partial charge < -0.3 is 10.4 Å². The molecule has 1 saturated carbocycles. The molecule has 0 radical (unpaired) electrons. The number of fused-ring (bicyclic) bond motifs is 1. The summed E-state index contributed by atoms with van der Waals surface area (Å²) in [7, 11) is 0. The highest BCUT2D eigenvalue weighted by atomic mass is 16.3. The highest BCUT2D eigenvalue weighted by molar-refractivity contribution is 5.94. The lowest BCUT2D eigenvalue weighted by Crippen LogP contribution is -2.48. The second kappa shape index (κ2) is 6.96. The molecule has 0 spiro atoms. The Morgan fingerprint density at radius 3 is 2.68 bits per heavy atom. The van der Waals surface area contributed by atoms with E-state index in [0.29, 0.717) is 5.92 Å². The van der Waals surface area contributed by atoms with Crippen LogP contribution in [-0.2, 0) is 19.3 Å². The fourth-order valence-corrected chi connectivity index (χ4v) is 4.03. The average molecular weight is 336 g/mol. The molecule has 0 bridgehead atoms. The first-order valence-corrected chi connectivity index (χ1v) is 9.18. The molecule has 2 aromatic rings. The first-order chi connectivity index (χ1) is 12.2. The SMILES string of the molecule is O=C(N[C@@H](Cc1ccncc1)C1CC(O)C1)c1ccc2c(c1)CCC2. The summed E-state index contributed by atoms with van der Waals surface area (Å²) >= 11 is 0. The minimum atomic E-state index is -0.221. The summed E-state index contributed by atoms with van der Waals surface area (Å²) in [5, 5.41) is 12.9. The van der Waals surface area contributed by atoms with Gasteiger partial charge in [-0.25, -0.2) is 0 Å². The van der Waals surface area contributed by atoms with Crippen molar-refractivity contribution in [3.8, 4) is 0 Å².